The van der Waals surface area contributed by atoms with Gasteiger partial charge in [-0.15, -0.1) is 6.58 Å². The lowest BCUT2D eigenvalue weighted by Gasteiger charge is -2.20. The number of hydrogen-bond acceptors (Lipinski definition) is 2. The van der Waals surface area contributed by atoms with Crippen LogP contribution < -0.4 is 0 Å². The summed E-state index contributed by atoms with van der Waals surface area (Å²) in [6, 6.07) is 4.95. The van der Waals surface area contributed by atoms with E-state index < -0.39 is 5.97 Å². The van der Waals surface area contributed by atoms with Gasteiger partial charge < -0.3 is 10.0 Å². The number of carbonyl (C=O) groups is 2. The normalized spacial score (nSPS) is 9.89. The van der Waals surface area contributed by atoms with Gasteiger partial charge in [0, 0.05) is 17.1 Å². The fraction of sp³-hybridized carbons (Fsp3) is 0.231. The number of halogens is 1. The van der Waals surface area contributed by atoms with E-state index in [9.17, 15) is 9.59 Å². The minimum Gasteiger partial charge on any atom is -0.480 e. The van der Waals surface area contributed by atoms with Crippen molar-refractivity contribution in [3.8, 4) is 0 Å². The van der Waals surface area contributed by atoms with Crippen LogP contribution in [0, 0.1) is 6.92 Å². The van der Waals surface area contributed by atoms with Crippen molar-refractivity contribution in [3.05, 3.63) is 47.0 Å². The molecule has 96 valence electrons. The Kier molecular flexibility index (Phi) is 4.92. The lowest BCUT2D eigenvalue weighted by molar-refractivity contribution is -0.137. The van der Waals surface area contributed by atoms with E-state index in [1.807, 2.05) is 0 Å². The number of carboxylic acids is 1. The van der Waals surface area contributed by atoms with Crippen LogP contribution in [0.1, 0.15) is 15.9 Å². The molecule has 0 heterocycles. The summed E-state index contributed by atoms with van der Waals surface area (Å²) >= 11 is 5.84. The Labute approximate surface area is 110 Å². The third-order valence-corrected chi connectivity index (χ3v) is 2.63. The first-order chi connectivity index (χ1) is 8.45. The number of nitrogens with zero attached hydrogens (tertiary/aromatic N) is 1. The van der Waals surface area contributed by atoms with Gasteiger partial charge in [-0.05, 0) is 24.6 Å². The molecule has 1 aromatic rings. The van der Waals surface area contributed by atoms with Gasteiger partial charge in [0.1, 0.15) is 6.54 Å². The maximum atomic E-state index is 12.2. The van der Waals surface area contributed by atoms with Crippen LogP contribution in [0.2, 0.25) is 5.02 Å². The first-order valence-corrected chi connectivity index (χ1v) is 5.71. The zero-order valence-corrected chi connectivity index (χ0v) is 10.8. The number of aliphatic carboxylic acids is 1. The molecule has 4 nitrogen and oxygen atoms in total. The molecular weight excluding hydrogens is 254 g/mol. The molecular formula is C13H14ClNO3. The highest BCUT2D eigenvalue weighted by molar-refractivity contribution is 6.31. The average Bonchev–Trinajstić information content (AvgIpc) is 2.30. The molecule has 0 spiro atoms. The number of rotatable bonds is 5. The highest BCUT2D eigenvalue weighted by Gasteiger charge is 2.19. The van der Waals surface area contributed by atoms with Gasteiger partial charge in [-0.2, -0.15) is 0 Å². The molecule has 0 fully saturated rings. The lowest BCUT2D eigenvalue weighted by atomic mass is 10.1. The molecule has 1 N–H and O–H groups in total. The van der Waals surface area contributed by atoms with Crippen molar-refractivity contribution in [1.29, 1.82) is 0 Å². The minimum absolute atomic E-state index is 0.178. The van der Waals surface area contributed by atoms with Gasteiger partial charge in [0.05, 0.1) is 0 Å². The summed E-state index contributed by atoms with van der Waals surface area (Å²) in [6.07, 6.45) is 1.49. The Bertz CT molecular complexity index is 485. The number of benzene rings is 1. The zero-order valence-electron chi connectivity index (χ0n) is 10.0. The summed E-state index contributed by atoms with van der Waals surface area (Å²) < 4.78 is 0. The van der Waals surface area contributed by atoms with Crippen molar-refractivity contribution >= 4 is 23.5 Å². The van der Waals surface area contributed by atoms with Crippen LogP contribution in [-0.2, 0) is 4.79 Å². The van der Waals surface area contributed by atoms with E-state index in [4.69, 9.17) is 16.7 Å². The first-order valence-electron chi connectivity index (χ1n) is 5.33. The number of carboxylic acid groups (broad SMARTS) is 1. The first kappa shape index (κ1) is 14.3. The lowest BCUT2D eigenvalue weighted by Crippen LogP contribution is -2.36. The number of carbonyl (C=O) groups excluding carboxylic acids is 1. The SMILES string of the molecule is C=CCN(CC(=O)O)C(=O)c1cc(Cl)ccc1C. The Morgan fingerprint density at radius 2 is 2.17 bits per heavy atom. The summed E-state index contributed by atoms with van der Waals surface area (Å²) in [4.78, 5) is 24.1. The maximum absolute atomic E-state index is 12.2. The maximum Gasteiger partial charge on any atom is 0.323 e. The summed E-state index contributed by atoms with van der Waals surface area (Å²) in [5.41, 5.74) is 1.16. The average molecular weight is 268 g/mol. The van der Waals surface area contributed by atoms with Crippen molar-refractivity contribution < 1.29 is 14.7 Å². The van der Waals surface area contributed by atoms with Crippen molar-refractivity contribution in [2.24, 2.45) is 0 Å². The predicted octanol–water partition coefficient (Wildman–Crippen LogP) is 2.36. The van der Waals surface area contributed by atoms with Gasteiger partial charge in [-0.3, -0.25) is 9.59 Å². The van der Waals surface area contributed by atoms with Crippen LogP contribution in [-0.4, -0.2) is 35.0 Å². The molecule has 18 heavy (non-hydrogen) atoms. The summed E-state index contributed by atoms with van der Waals surface area (Å²) in [5.74, 6) is -1.43. The van der Waals surface area contributed by atoms with Gasteiger partial charge in [0.2, 0.25) is 0 Å². The van der Waals surface area contributed by atoms with E-state index >= 15 is 0 Å². The van der Waals surface area contributed by atoms with Crippen LogP contribution in [0.15, 0.2) is 30.9 Å². The Hall–Kier alpha value is -1.81. The Morgan fingerprint density at radius 3 is 2.72 bits per heavy atom. The molecule has 0 radical (unpaired) electrons. The second kappa shape index (κ2) is 6.21. The van der Waals surface area contributed by atoms with E-state index in [2.05, 4.69) is 6.58 Å². The molecule has 0 saturated heterocycles. The van der Waals surface area contributed by atoms with E-state index in [-0.39, 0.29) is 19.0 Å². The van der Waals surface area contributed by atoms with Crippen molar-refractivity contribution in [3.63, 3.8) is 0 Å². The molecule has 1 aromatic carbocycles. The van der Waals surface area contributed by atoms with Crippen LogP contribution in [0.25, 0.3) is 0 Å². The molecule has 0 saturated carbocycles. The molecule has 0 aliphatic carbocycles. The van der Waals surface area contributed by atoms with Gasteiger partial charge in [0.25, 0.3) is 5.91 Å². The second-order valence-electron chi connectivity index (χ2n) is 3.83. The standard InChI is InChI=1S/C13H14ClNO3/c1-3-6-15(8-12(16)17)13(18)11-7-10(14)5-4-9(11)2/h3-5,7H,1,6,8H2,2H3,(H,16,17). The topological polar surface area (TPSA) is 57.6 Å². The fourth-order valence-electron chi connectivity index (χ4n) is 1.53. The van der Waals surface area contributed by atoms with Crippen LogP contribution in [0.4, 0.5) is 0 Å². The molecule has 1 amide bonds. The van der Waals surface area contributed by atoms with Crippen molar-refractivity contribution in [2.75, 3.05) is 13.1 Å². The highest BCUT2D eigenvalue weighted by atomic mass is 35.5. The Balaban J connectivity index is 3.04. The molecule has 1 rings (SSSR count). The van der Waals surface area contributed by atoms with E-state index in [0.717, 1.165) is 5.56 Å². The summed E-state index contributed by atoms with van der Waals surface area (Å²) in [6.45, 7) is 5.10. The zero-order chi connectivity index (χ0) is 13.7. The Morgan fingerprint density at radius 1 is 1.50 bits per heavy atom. The second-order valence-corrected chi connectivity index (χ2v) is 4.26. The largest absolute Gasteiger partial charge is 0.480 e. The van der Waals surface area contributed by atoms with Gasteiger partial charge >= 0.3 is 5.97 Å². The number of hydrogen-bond donors (Lipinski definition) is 1. The van der Waals surface area contributed by atoms with Crippen LogP contribution >= 0.6 is 11.6 Å². The highest BCUT2D eigenvalue weighted by Crippen LogP contribution is 2.17. The third-order valence-electron chi connectivity index (χ3n) is 2.39. The molecule has 0 unspecified atom stereocenters. The van der Waals surface area contributed by atoms with Crippen molar-refractivity contribution in [2.45, 2.75) is 6.92 Å². The fourth-order valence-corrected chi connectivity index (χ4v) is 1.71. The van der Waals surface area contributed by atoms with Gasteiger partial charge in [0.15, 0.2) is 0 Å². The molecule has 0 aliphatic rings. The summed E-state index contributed by atoms with van der Waals surface area (Å²) in [5, 5.41) is 9.22. The van der Waals surface area contributed by atoms with E-state index in [1.165, 1.54) is 17.0 Å². The van der Waals surface area contributed by atoms with Gasteiger partial charge in [-0.1, -0.05) is 23.7 Å². The molecule has 0 aromatic heterocycles. The molecule has 0 aliphatic heterocycles. The van der Waals surface area contributed by atoms with Gasteiger partial charge in [-0.25, -0.2) is 0 Å². The van der Waals surface area contributed by atoms with Crippen LogP contribution in [0.5, 0.6) is 0 Å². The van der Waals surface area contributed by atoms with E-state index in [1.54, 1.807) is 19.1 Å². The number of amides is 1. The molecule has 5 heteroatoms. The molecule has 0 bridgehead atoms. The predicted molar refractivity (Wildman–Crippen MR) is 69.9 cm³/mol. The third kappa shape index (κ3) is 3.60. The van der Waals surface area contributed by atoms with E-state index in [0.29, 0.717) is 10.6 Å². The molecule has 0 atom stereocenters. The smallest absolute Gasteiger partial charge is 0.323 e. The summed E-state index contributed by atoms with van der Waals surface area (Å²) in [7, 11) is 0. The number of aryl methyl sites for hydroxylation is 1. The van der Waals surface area contributed by atoms with Crippen LogP contribution in [0.3, 0.4) is 0 Å². The monoisotopic (exact) mass is 267 g/mol. The minimum atomic E-state index is -1.06. The quantitative estimate of drug-likeness (QED) is 0.833. The van der Waals surface area contributed by atoms with Crippen molar-refractivity contribution in [1.82, 2.24) is 4.90 Å².